The van der Waals surface area contributed by atoms with E-state index in [9.17, 15) is 4.79 Å². The minimum Gasteiger partial charge on any atom is -0.384 e. The van der Waals surface area contributed by atoms with Crippen molar-refractivity contribution in [3.63, 3.8) is 0 Å². The zero-order valence-electron chi connectivity index (χ0n) is 14.1. The molecular formula is C19H25N3O. The largest absolute Gasteiger partial charge is 0.384 e. The molecule has 1 aromatic carbocycles. The maximum Gasteiger partial charge on any atom is 0.257 e. The fourth-order valence-corrected chi connectivity index (χ4v) is 2.31. The lowest BCUT2D eigenvalue weighted by atomic mass is 10.1. The number of nitrogens with one attached hydrogen (secondary N) is 2. The Morgan fingerprint density at radius 2 is 2.00 bits per heavy atom. The van der Waals surface area contributed by atoms with Gasteiger partial charge >= 0.3 is 0 Å². The third-order valence-electron chi connectivity index (χ3n) is 3.70. The van der Waals surface area contributed by atoms with Gasteiger partial charge in [0, 0.05) is 24.6 Å². The number of carbonyl (C=O) groups is 1. The van der Waals surface area contributed by atoms with Crippen molar-refractivity contribution in [1.82, 2.24) is 4.98 Å². The summed E-state index contributed by atoms with van der Waals surface area (Å²) in [5.41, 5.74) is 3.42. The first-order valence-corrected chi connectivity index (χ1v) is 8.18. The number of aryl methyl sites for hydroxylation is 1. The van der Waals surface area contributed by atoms with Crippen molar-refractivity contribution in [2.24, 2.45) is 5.92 Å². The lowest BCUT2D eigenvalue weighted by Crippen LogP contribution is -2.14. The maximum atomic E-state index is 12.4. The van der Waals surface area contributed by atoms with Gasteiger partial charge in [-0.25, -0.2) is 0 Å². The second kappa shape index (κ2) is 8.32. The first kappa shape index (κ1) is 17.0. The van der Waals surface area contributed by atoms with Crippen LogP contribution in [-0.4, -0.2) is 17.4 Å². The molecule has 1 amide bonds. The van der Waals surface area contributed by atoms with Gasteiger partial charge in [-0.3, -0.25) is 9.78 Å². The molecule has 23 heavy (non-hydrogen) atoms. The Labute approximate surface area is 138 Å². The van der Waals surface area contributed by atoms with Crippen LogP contribution in [0.1, 0.15) is 43.1 Å². The molecule has 0 bridgehead atoms. The van der Waals surface area contributed by atoms with E-state index in [1.54, 1.807) is 12.4 Å². The zero-order valence-corrected chi connectivity index (χ0v) is 14.1. The summed E-state index contributed by atoms with van der Waals surface area (Å²) < 4.78 is 0. The Balaban J connectivity index is 2.04. The van der Waals surface area contributed by atoms with Crippen molar-refractivity contribution < 1.29 is 4.79 Å². The summed E-state index contributed by atoms with van der Waals surface area (Å²) >= 11 is 0. The average Bonchev–Trinajstić information content (AvgIpc) is 2.55. The van der Waals surface area contributed by atoms with Crippen molar-refractivity contribution in [1.29, 1.82) is 0 Å². The Morgan fingerprint density at radius 1 is 1.22 bits per heavy atom. The van der Waals surface area contributed by atoms with Gasteiger partial charge in [-0.15, -0.1) is 0 Å². The number of pyridine rings is 1. The van der Waals surface area contributed by atoms with Gasteiger partial charge in [-0.05, 0) is 36.5 Å². The summed E-state index contributed by atoms with van der Waals surface area (Å²) in [5, 5.41) is 6.29. The van der Waals surface area contributed by atoms with E-state index in [0.29, 0.717) is 11.5 Å². The third kappa shape index (κ3) is 5.09. The third-order valence-corrected chi connectivity index (χ3v) is 3.70. The van der Waals surface area contributed by atoms with Crippen LogP contribution in [0.4, 0.5) is 11.4 Å². The van der Waals surface area contributed by atoms with Crippen LogP contribution in [0.3, 0.4) is 0 Å². The Kier molecular flexibility index (Phi) is 6.15. The van der Waals surface area contributed by atoms with E-state index in [-0.39, 0.29) is 5.91 Å². The minimum atomic E-state index is -0.133. The molecule has 0 spiro atoms. The van der Waals surface area contributed by atoms with Crippen molar-refractivity contribution in [3.05, 3.63) is 53.9 Å². The molecule has 0 atom stereocenters. The molecule has 2 rings (SSSR count). The van der Waals surface area contributed by atoms with Crippen LogP contribution in [0, 0.1) is 5.92 Å². The van der Waals surface area contributed by atoms with Gasteiger partial charge in [-0.2, -0.15) is 0 Å². The van der Waals surface area contributed by atoms with Gasteiger partial charge in [0.2, 0.25) is 0 Å². The lowest BCUT2D eigenvalue weighted by Gasteiger charge is -2.11. The van der Waals surface area contributed by atoms with Crippen LogP contribution in [0.2, 0.25) is 0 Å². The SMILES string of the molecule is CCc1ccccc1NC(=O)c1cncc(NCCC(C)C)c1. The molecule has 0 aliphatic heterocycles. The van der Waals surface area contributed by atoms with Crippen LogP contribution in [0.5, 0.6) is 0 Å². The highest BCUT2D eigenvalue weighted by Crippen LogP contribution is 2.17. The second-order valence-electron chi connectivity index (χ2n) is 6.04. The number of amides is 1. The predicted molar refractivity (Wildman–Crippen MR) is 96.0 cm³/mol. The van der Waals surface area contributed by atoms with E-state index in [2.05, 4.69) is 36.4 Å². The molecule has 0 saturated heterocycles. The van der Waals surface area contributed by atoms with Crippen LogP contribution >= 0.6 is 0 Å². The van der Waals surface area contributed by atoms with E-state index in [1.807, 2.05) is 30.3 Å². The topological polar surface area (TPSA) is 54.0 Å². The maximum absolute atomic E-state index is 12.4. The standard InChI is InChI=1S/C19H25N3O/c1-4-15-7-5-6-8-18(15)22-19(23)16-11-17(13-20-12-16)21-10-9-14(2)3/h5-8,11-14,21H,4,9-10H2,1-3H3,(H,22,23). The van der Waals surface area contributed by atoms with Crippen LogP contribution in [0.25, 0.3) is 0 Å². The predicted octanol–water partition coefficient (Wildman–Crippen LogP) is 4.35. The summed E-state index contributed by atoms with van der Waals surface area (Å²) in [4.78, 5) is 16.6. The van der Waals surface area contributed by atoms with Crippen molar-refractivity contribution in [2.75, 3.05) is 17.2 Å². The van der Waals surface area contributed by atoms with Gasteiger partial charge in [-0.1, -0.05) is 39.0 Å². The van der Waals surface area contributed by atoms with E-state index in [4.69, 9.17) is 0 Å². The molecule has 1 aromatic heterocycles. The average molecular weight is 311 g/mol. The number of anilines is 2. The Bertz CT molecular complexity index is 653. The Hall–Kier alpha value is -2.36. The molecule has 0 unspecified atom stereocenters. The summed E-state index contributed by atoms with van der Waals surface area (Å²) in [6, 6.07) is 9.70. The zero-order chi connectivity index (χ0) is 16.7. The molecular weight excluding hydrogens is 286 g/mol. The molecule has 4 nitrogen and oxygen atoms in total. The van der Waals surface area contributed by atoms with Crippen molar-refractivity contribution in [3.8, 4) is 0 Å². The number of nitrogens with zero attached hydrogens (tertiary/aromatic N) is 1. The number of benzene rings is 1. The number of carbonyl (C=O) groups excluding carboxylic acids is 1. The fraction of sp³-hybridized carbons (Fsp3) is 0.368. The van der Waals surface area contributed by atoms with Crippen LogP contribution in [0.15, 0.2) is 42.7 Å². The smallest absolute Gasteiger partial charge is 0.257 e. The molecule has 0 aliphatic carbocycles. The van der Waals surface area contributed by atoms with Gasteiger partial charge in [0.05, 0.1) is 11.3 Å². The fourth-order valence-electron chi connectivity index (χ4n) is 2.31. The highest BCUT2D eigenvalue weighted by atomic mass is 16.1. The minimum absolute atomic E-state index is 0.133. The Morgan fingerprint density at radius 3 is 2.74 bits per heavy atom. The van der Waals surface area contributed by atoms with Crippen molar-refractivity contribution >= 4 is 17.3 Å². The monoisotopic (exact) mass is 311 g/mol. The molecule has 2 aromatic rings. The highest BCUT2D eigenvalue weighted by molar-refractivity contribution is 6.04. The number of hydrogen-bond acceptors (Lipinski definition) is 3. The van der Waals surface area contributed by atoms with E-state index in [1.165, 1.54) is 0 Å². The number of para-hydroxylation sites is 1. The summed E-state index contributed by atoms with van der Waals surface area (Å²) in [6.45, 7) is 7.33. The summed E-state index contributed by atoms with van der Waals surface area (Å²) in [6.07, 6.45) is 5.31. The highest BCUT2D eigenvalue weighted by Gasteiger charge is 2.09. The van der Waals surface area contributed by atoms with Gasteiger partial charge in [0.25, 0.3) is 5.91 Å². The summed E-state index contributed by atoms with van der Waals surface area (Å²) in [7, 11) is 0. The molecule has 0 saturated carbocycles. The molecule has 2 N–H and O–H groups in total. The number of hydrogen-bond donors (Lipinski definition) is 2. The molecule has 122 valence electrons. The molecule has 1 heterocycles. The first-order chi connectivity index (χ1) is 11.1. The van der Waals surface area contributed by atoms with Gasteiger partial charge in [0.1, 0.15) is 0 Å². The second-order valence-corrected chi connectivity index (χ2v) is 6.04. The molecule has 0 aliphatic rings. The lowest BCUT2D eigenvalue weighted by molar-refractivity contribution is 0.102. The quantitative estimate of drug-likeness (QED) is 0.799. The number of aromatic nitrogens is 1. The molecule has 0 radical (unpaired) electrons. The van der Waals surface area contributed by atoms with Crippen LogP contribution in [-0.2, 0) is 6.42 Å². The van der Waals surface area contributed by atoms with E-state index >= 15 is 0 Å². The van der Waals surface area contributed by atoms with Crippen molar-refractivity contribution in [2.45, 2.75) is 33.6 Å². The first-order valence-electron chi connectivity index (χ1n) is 8.18. The van der Waals surface area contributed by atoms with Crippen LogP contribution < -0.4 is 10.6 Å². The van der Waals surface area contributed by atoms with Gasteiger partial charge < -0.3 is 10.6 Å². The van der Waals surface area contributed by atoms with E-state index < -0.39 is 0 Å². The van der Waals surface area contributed by atoms with Gasteiger partial charge in [0.15, 0.2) is 0 Å². The van der Waals surface area contributed by atoms with E-state index in [0.717, 1.165) is 36.3 Å². The normalized spacial score (nSPS) is 10.6. The molecule has 4 heteroatoms. The molecule has 0 fully saturated rings. The number of rotatable bonds is 7. The summed E-state index contributed by atoms with van der Waals surface area (Å²) in [5.74, 6) is 0.512.